The Labute approximate surface area is 123 Å². The molecule has 0 radical (unpaired) electrons. The fraction of sp³-hybridized carbons (Fsp3) is 0.0833. The van der Waals surface area contributed by atoms with E-state index in [0.717, 1.165) is 16.5 Å². The average molecular weight is 308 g/mol. The van der Waals surface area contributed by atoms with E-state index in [4.69, 9.17) is 16.6 Å². The van der Waals surface area contributed by atoms with Gasteiger partial charge in [-0.25, -0.2) is 14.8 Å². The number of anilines is 2. The smallest absolute Gasteiger partial charge is 0.328 e. The van der Waals surface area contributed by atoms with E-state index in [2.05, 4.69) is 9.97 Å². The molecule has 0 aromatic carbocycles. The van der Waals surface area contributed by atoms with Crippen LogP contribution in [0.2, 0.25) is 0 Å². The van der Waals surface area contributed by atoms with Gasteiger partial charge >= 0.3 is 5.97 Å². The van der Waals surface area contributed by atoms with Crippen LogP contribution in [0.25, 0.3) is 6.08 Å². The molecule has 0 bridgehead atoms. The molecule has 2 heterocycles. The van der Waals surface area contributed by atoms with Crippen LogP contribution in [0.5, 0.6) is 0 Å². The minimum Gasteiger partial charge on any atom is -0.478 e. The Balaban J connectivity index is 2.07. The molecular weight excluding hydrogens is 296 g/mol. The second-order valence-corrected chi connectivity index (χ2v) is 5.70. The third-order valence-corrected chi connectivity index (χ3v) is 4.26. The van der Waals surface area contributed by atoms with Crippen molar-refractivity contribution in [3.8, 4) is 0 Å². The number of rotatable bonds is 5. The molecule has 2 aromatic heterocycles. The van der Waals surface area contributed by atoms with E-state index in [1.165, 1.54) is 17.8 Å². The maximum atomic E-state index is 10.5. The summed E-state index contributed by atoms with van der Waals surface area (Å²) in [6, 6.07) is 3.37. The van der Waals surface area contributed by atoms with E-state index in [0.29, 0.717) is 22.5 Å². The number of nitrogen functional groups attached to an aromatic ring is 2. The minimum atomic E-state index is -0.971. The van der Waals surface area contributed by atoms with Crippen LogP contribution in [0.3, 0.4) is 0 Å². The molecule has 0 unspecified atom stereocenters. The summed E-state index contributed by atoms with van der Waals surface area (Å²) in [5, 5.41) is 11.0. The Hall–Kier alpha value is -2.06. The van der Waals surface area contributed by atoms with Crippen molar-refractivity contribution in [2.24, 2.45) is 0 Å². The SMILES string of the molecule is Nc1cc(N)nc(SCc2sccc2C=CC(=O)O)n1. The summed E-state index contributed by atoms with van der Waals surface area (Å²) in [4.78, 5) is 19.7. The quantitative estimate of drug-likeness (QED) is 0.440. The maximum Gasteiger partial charge on any atom is 0.328 e. The van der Waals surface area contributed by atoms with Crippen molar-refractivity contribution < 1.29 is 9.90 Å². The summed E-state index contributed by atoms with van der Waals surface area (Å²) in [7, 11) is 0. The summed E-state index contributed by atoms with van der Waals surface area (Å²) in [5.74, 6) is 0.316. The van der Waals surface area contributed by atoms with E-state index in [9.17, 15) is 4.79 Å². The molecule has 0 aliphatic heterocycles. The summed E-state index contributed by atoms with van der Waals surface area (Å²) in [6.07, 6.45) is 2.69. The second-order valence-electron chi connectivity index (χ2n) is 3.76. The zero-order valence-electron chi connectivity index (χ0n) is 10.3. The highest BCUT2D eigenvalue weighted by molar-refractivity contribution is 7.98. The number of aliphatic carboxylic acids is 1. The standard InChI is InChI=1S/C12H12N4O2S2/c13-9-5-10(14)16-12(15-9)20-6-8-7(3-4-19-8)1-2-11(17)18/h1-5H,6H2,(H,17,18)(H4,13,14,15,16). The largest absolute Gasteiger partial charge is 0.478 e. The molecule has 0 fully saturated rings. The van der Waals surface area contributed by atoms with E-state index in [1.54, 1.807) is 17.4 Å². The van der Waals surface area contributed by atoms with Crippen molar-refractivity contribution >= 4 is 46.8 Å². The lowest BCUT2D eigenvalue weighted by molar-refractivity contribution is -0.131. The van der Waals surface area contributed by atoms with Crippen LogP contribution in [0.1, 0.15) is 10.4 Å². The fourth-order valence-corrected chi connectivity index (χ4v) is 3.30. The van der Waals surface area contributed by atoms with Gasteiger partial charge in [0.1, 0.15) is 11.6 Å². The Morgan fingerprint density at radius 1 is 1.40 bits per heavy atom. The monoisotopic (exact) mass is 308 g/mol. The number of carbonyl (C=O) groups is 1. The Morgan fingerprint density at radius 3 is 2.75 bits per heavy atom. The maximum absolute atomic E-state index is 10.5. The molecule has 0 aliphatic rings. The van der Waals surface area contributed by atoms with E-state index < -0.39 is 5.97 Å². The van der Waals surface area contributed by atoms with Crippen LogP contribution in [-0.2, 0) is 10.5 Å². The molecule has 6 nitrogen and oxygen atoms in total. The summed E-state index contributed by atoms with van der Waals surface area (Å²) >= 11 is 2.95. The van der Waals surface area contributed by atoms with Crippen molar-refractivity contribution in [2.45, 2.75) is 10.9 Å². The first kappa shape index (κ1) is 14.4. The Bertz CT molecular complexity index is 634. The summed E-state index contributed by atoms with van der Waals surface area (Å²) in [5.41, 5.74) is 12.1. The number of thiophene rings is 1. The fourth-order valence-electron chi connectivity index (χ4n) is 1.43. The number of carboxylic acids is 1. The van der Waals surface area contributed by atoms with Crippen molar-refractivity contribution in [1.29, 1.82) is 0 Å². The van der Waals surface area contributed by atoms with Crippen LogP contribution >= 0.6 is 23.1 Å². The highest BCUT2D eigenvalue weighted by atomic mass is 32.2. The molecule has 0 saturated heterocycles. The van der Waals surface area contributed by atoms with E-state index >= 15 is 0 Å². The predicted octanol–water partition coefficient (Wildman–Crippen LogP) is 2.09. The molecule has 8 heteroatoms. The second kappa shape index (κ2) is 6.40. The molecule has 0 aliphatic carbocycles. The Kier molecular flexibility index (Phi) is 4.59. The zero-order valence-corrected chi connectivity index (χ0v) is 11.9. The van der Waals surface area contributed by atoms with Gasteiger partial charge in [0.25, 0.3) is 0 Å². The predicted molar refractivity (Wildman–Crippen MR) is 81.4 cm³/mol. The van der Waals surface area contributed by atoms with Crippen LogP contribution in [0.4, 0.5) is 11.6 Å². The number of carboxylic acid groups (broad SMARTS) is 1. The average Bonchev–Trinajstić information content (AvgIpc) is 2.80. The third kappa shape index (κ3) is 3.97. The first-order valence-corrected chi connectivity index (χ1v) is 7.41. The van der Waals surface area contributed by atoms with Gasteiger partial charge in [0, 0.05) is 22.8 Å². The van der Waals surface area contributed by atoms with Gasteiger partial charge in [-0.15, -0.1) is 11.3 Å². The van der Waals surface area contributed by atoms with Gasteiger partial charge in [-0.1, -0.05) is 11.8 Å². The number of nitrogens with two attached hydrogens (primary N) is 2. The minimum absolute atomic E-state index is 0.331. The summed E-state index contributed by atoms with van der Waals surface area (Å²) < 4.78 is 0. The lowest BCUT2D eigenvalue weighted by Crippen LogP contribution is -1.99. The number of hydrogen-bond donors (Lipinski definition) is 3. The normalized spacial score (nSPS) is 11.0. The number of nitrogens with zero attached hydrogens (tertiary/aromatic N) is 2. The van der Waals surface area contributed by atoms with Crippen molar-refractivity contribution in [1.82, 2.24) is 9.97 Å². The van der Waals surface area contributed by atoms with Crippen LogP contribution in [0.15, 0.2) is 28.7 Å². The zero-order chi connectivity index (χ0) is 14.5. The highest BCUT2D eigenvalue weighted by Crippen LogP contribution is 2.27. The first-order chi connectivity index (χ1) is 9.54. The molecule has 2 aromatic rings. The third-order valence-electron chi connectivity index (χ3n) is 2.26. The van der Waals surface area contributed by atoms with Crippen molar-refractivity contribution in [3.05, 3.63) is 34.0 Å². The molecule has 104 valence electrons. The van der Waals surface area contributed by atoms with Crippen molar-refractivity contribution in [2.75, 3.05) is 11.5 Å². The molecule has 5 N–H and O–H groups in total. The van der Waals surface area contributed by atoms with E-state index in [-0.39, 0.29) is 0 Å². The number of thioether (sulfide) groups is 1. The molecule has 0 atom stereocenters. The van der Waals surface area contributed by atoms with Gasteiger partial charge in [0.05, 0.1) is 0 Å². The molecule has 2 rings (SSSR count). The van der Waals surface area contributed by atoms with Gasteiger partial charge in [-0.2, -0.15) is 0 Å². The van der Waals surface area contributed by atoms with Crippen LogP contribution in [0, 0.1) is 0 Å². The molecule has 20 heavy (non-hydrogen) atoms. The van der Waals surface area contributed by atoms with E-state index in [1.807, 2.05) is 11.4 Å². The molecular formula is C12H12N4O2S2. The molecule has 0 saturated carbocycles. The number of hydrogen-bond acceptors (Lipinski definition) is 7. The van der Waals surface area contributed by atoms with Crippen LogP contribution < -0.4 is 11.5 Å². The lowest BCUT2D eigenvalue weighted by atomic mass is 10.2. The van der Waals surface area contributed by atoms with Gasteiger partial charge in [0.15, 0.2) is 5.16 Å². The summed E-state index contributed by atoms with van der Waals surface area (Å²) in [6.45, 7) is 0. The van der Waals surface area contributed by atoms with Gasteiger partial charge in [0.2, 0.25) is 0 Å². The van der Waals surface area contributed by atoms with Gasteiger partial charge < -0.3 is 16.6 Å². The highest BCUT2D eigenvalue weighted by Gasteiger charge is 2.06. The van der Waals surface area contributed by atoms with Crippen molar-refractivity contribution in [3.63, 3.8) is 0 Å². The number of aromatic nitrogens is 2. The van der Waals surface area contributed by atoms with Crippen LogP contribution in [-0.4, -0.2) is 21.0 Å². The Morgan fingerprint density at radius 2 is 2.10 bits per heavy atom. The first-order valence-electron chi connectivity index (χ1n) is 5.55. The van der Waals surface area contributed by atoms with Gasteiger partial charge in [-0.3, -0.25) is 0 Å². The topological polar surface area (TPSA) is 115 Å². The van der Waals surface area contributed by atoms with Gasteiger partial charge in [-0.05, 0) is 23.1 Å². The molecule has 0 amide bonds. The molecule has 0 spiro atoms. The lowest BCUT2D eigenvalue weighted by Gasteiger charge is -2.02.